The van der Waals surface area contributed by atoms with Gasteiger partial charge in [0.2, 0.25) is 5.91 Å². The van der Waals surface area contributed by atoms with Crippen LogP contribution in [0, 0.1) is 0 Å². The van der Waals surface area contributed by atoms with E-state index in [1.165, 1.54) is 19.2 Å². The maximum atomic E-state index is 10.1. The van der Waals surface area contributed by atoms with Crippen LogP contribution in [0.15, 0.2) is 24.4 Å². The van der Waals surface area contributed by atoms with Gasteiger partial charge in [0, 0.05) is 13.1 Å². The number of carbonyl (C=O) groups is 2. The summed E-state index contributed by atoms with van der Waals surface area (Å²) in [5.74, 6) is 3.36. The topological polar surface area (TPSA) is 105 Å². The predicted octanol–water partition coefficient (Wildman–Crippen LogP) is -0.224. The summed E-state index contributed by atoms with van der Waals surface area (Å²) in [5, 5.41) is 8.32. The molecular formula is C8H11N3O3. The molecule has 6 nitrogen and oxygen atoms in total. The molecule has 4 N–H and O–H groups in total. The summed E-state index contributed by atoms with van der Waals surface area (Å²) in [6.07, 6.45) is 1.45. The van der Waals surface area contributed by atoms with Crippen LogP contribution in [-0.2, 0) is 4.79 Å². The Hall–Kier alpha value is -1.95. The molecule has 0 aromatic carbocycles. The zero-order valence-electron chi connectivity index (χ0n) is 7.60. The highest BCUT2D eigenvalue weighted by Gasteiger charge is 1.98. The van der Waals surface area contributed by atoms with Gasteiger partial charge in [-0.1, -0.05) is 6.07 Å². The van der Waals surface area contributed by atoms with Crippen molar-refractivity contribution in [2.75, 3.05) is 0 Å². The zero-order chi connectivity index (χ0) is 11.0. The van der Waals surface area contributed by atoms with Crippen molar-refractivity contribution in [3.05, 3.63) is 30.1 Å². The van der Waals surface area contributed by atoms with E-state index < -0.39 is 5.97 Å². The Bertz CT molecular complexity index is 300. The third kappa shape index (κ3) is 5.67. The van der Waals surface area contributed by atoms with Gasteiger partial charge in [0.25, 0.3) is 0 Å². The van der Waals surface area contributed by atoms with E-state index in [2.05, 4.69) is 10.8 Å². The molecule has 14 heavy (non-hydrogen) atoms. The molecule has 76 valence electrons. The van der Waals surface area contributed by atoms with Gasteiger partial charge in [-0.2, -0.15) is 0 Å². The SMILES string of the molecule is CC(=O)NN.O=C(O)c1ccccn1. The Morgan fingerprint density at radius 1 is 1.50 bits per heavy atom. The number of amides is 1. The van der Waals surface area contributed by atoms with E-state index in [-0.39, 0.29) is 11.6 Å². The molecule has 0 aliphatic rings. The zero-order valence-corrected chi connectivity index (χ0v) is 7.60. The second-order valence-corrected chi connectivity index (χ2v) is 2.22. The lowest BCUT2D eigenvalue weighted by atomic mass is 10.4. The molecule has 1 rings (SSSR count). The van der Waals surface area contributed by atoms with Gasteiger partial charge in [0.05, 0.1) is 0 Å². The smallest absolute Gasteiger partial charge is 0.354 e. The molecule has 0 fully saturated rings. The first-order valence-electron chi connectivity index (χ1n) is 3.69. The minimum Gasteiger partial charge on any atom is -0.477 e. The summed E-state index contributed by atoms with van der Waals surface area (Å²) >= 11 is 0. The van der Waals surface area contributed by atoms with Crippen molar-refractivity contribution < 1.29 is 14.7 Å². The van der Waals surface area contributed by atoms with Crippen LogP contribution in [0.1, 0.15) is 17.4 Å². The second kappa shape index (κ2) is 6.55. The monoisotopic (exact) mass is 197 g/mol. The van der Waals surface area contributed by atoms with Crippen molar-refractivity contribution in [1.82, 2.24) is 10.4 Å². The number of carboxylic acids is 1. The van der Waals surface area contributed by atoms with Crippen LogP contribution in [0.2, 0.25) is 0 Å². The number of aromatic carboxylic acids is 1. The third-order valence-electron chi connectivity index (χ3n) is 1.09. The van der Waals surface area contributed by atoms with Crippen LogP contribution in [-0.4, -0.2) is 22.0 Å². The number of carbonyl (C=O) groups excluding carboxylic acids is 1. The quantitative estimate of drug-likeness (QED) is 0.328. The Balaban J connectivity index is 0.000000292. The van der Waals surface area contributed by atoms with Gasteiger partial charge in [-0.15, -0.1) is 0 Å². The highest BCUT2D eigenvalue weighted by atomic mass is 16.4. The van der Waals surface area contributed by atoms with Gasteiger partial charge in [-0.3, -0.25) is 10.2 Å². The first-order valence-corrected chi connectivity index (χ1v) is 3.69. The number of aromatic nitrogens is 1. The van der Waals surface area contributed by atoms with Crippen molar-refractivity contribution >= 4 is 11.9 Å². The number of nitrogens with two attached hydrogens (primary N) is 1. The van der Waals surface area contributed by atoms with Crippen molar-refractivity contribution in [2.24, 2.45) is 5.84 Å². The Morgan fingerprint density at radius 2 is 2.07 bits per heavy atom. The minimum atomic E-state index is -0.990. The van der Waals surface area contributed by atoms with E-state index in [1.54, 1.807) is 12.1 Å². The molecular weight excluding hydrogens is 186 g/mol. The molecule has 0 atom stereocenters. The van der Waals surface area contributed by atoms with Crippen LogP contribution in [0.4, 0.5) is 0 Å². The number of rotatable bonds is 1. The molecule has 1 aromatic heterocycles. The Labute approximate surface area is 80.7 Å². The van der Waals surface area contributed by atoms with Crippen molar-refractivity contribution in [3.8, 4) is 0 Å². The first kappa shape index (κ1) is 12.0. The third-order valence-corrected chi connectivity index (χ3v) is 1.09. The number of hydrogen-bond acceptors (Lipinski definition) is 4. The largest absolute Gasteiger partial charge is 0.477 e. The van der Waals surface area contributed by atoms with Crippen molar-refractivity contribution in [3.63, 3.8) is 0 Å². The minimum absolute atomic E-state index is 0.0810. The molecule has 0 saturated heterocycles. The highest BCUT2D eigenvalue weighted by Crippen LogP contribution is 1.90. The maximum Gasteiger partial charge on any atom is 0.354 e. The molecule has 1 amide bonds. The number of nitrogens with zero attached hydrogens (tertiary/aromatic N) is 1. The van der Waals surface area contributed by atoms with Crippen LogP contribution < -0.4 is 11.3 Å². The summed E-state index contributed by atoms with van der Waals surface area (Å²) in [5.41, 5.74) is 1.97. The lowest BCUT2D eigenvalue weighted by Gasteiger charge is -1.87. The van der Waals surface area contributed by atoms with Crippen molar-refractivity contribution in [2.45, 2.75) is 6.92 Å². The van der Waals surface area contributed by atoms with E-state index >= 15 is 0 Å². The first-order chi connectivity index (χ1) is 6.57. The molecule has 0 unspecified atom stereocenters. The van der Waals surface area contributed by atoms with Crippen LogP contribution >= 0.6 is 0 Å². The molecule has 0 aliphatic carbocycles. The van der Waals surface area contributed by atoms with Crippen LogP contribution in [0.25, 0.3) is 0 Å². The van der Waals surface area contributed by atoms with E-state index in [0.29, 0.717) is 0 Å². The summed E-state index contributed by atoms with van der Waals surface area (Å²) < 4.78 is 0. The van der Waals surface area contributed by atoms with E-state index in [4.69, 9.17) is 5.11 Å². The molecule has 6 heteroatoms. The predicted molar refractivity (Wildman–Crippen MR) is 49.2 cm³/mol. The van der Waals surface area contributed by atoms with Gasteiger partial charge >= 0.3 is 5.97 Å². The molecule has 0 aliphatic heterocycles. The van der Waals surface area contributed by atoms with Gasteiger partial charge in [-0.05, 0) is 12.1 Å². The lowest BCUT2D eigenvalue weighted by Crippen LogP contribution is -2.26. The van der Waals surface area contributed by atoms with Crippen LogP contribution in [0.3, 0.4) is 0 Å². The summed E-state index contributed by atoms with van der Waals surface area (Å²) in [7, 11) is 0. The summed E-state index contributed by atoms with van der Waals surface area (Å²) in [4.78, 5) is 23.3. The average molecular weight is 197 g/mol. The Morgan fingerprint density at radius 3 is 2.29 bits per heavy atom. The normalized spacial score (nSPS) is 8.14. The van der Waals surface area contributed by atoms with Crippen LogP contribution in [0.5, 0.6) is 0 Å². The number of carboxylic acid groups (broad SMARTS) is 1. The molecule has 0 saturated carbocycles. The number of hydrogen-bond donors (Lipinski definition) is 3. The summed E-state index contributed by atoms with van der Waals surface area (Å²) in [6.45, 7) is 1.35. The van der Waals surface area contributed by atoms with Gasteiger partial charge in [0.1, 0.15) is 5.69 Å². The van der Waals surface area contributed by atoms with E-state index in [9.17, 15) is 9.59 Å². The fourth-order valence-corrected chi connectivity index (χ4v) is 0.489. The standard InChI is InChI=1S/C6H5NO2.C2H6N2O/c8-6(9)5-3-1-2-4-7-5;1-2(5)4-3/h1-4H,(H,8,9);3H2,1H3,(H,4,5). The maximum absolute atomic E-state index is 10.1. The highest BCUT2D eigenvalue weighted by molar-refractivity contribution is 5.85. The second-order valence-electron chi connectivity index (χ2n) is 2.22. The molecule has 0 radical (unpaired) electrons. The number of hydrazine groups is 1. The van der Waals surface area contributed by atoms with Gasteiger partial charge < -0.3 is 5.11 Å². The van der Waals surface area contributed by atoms with Gasteiger partial charge in [-0.25, -0.2) is 15.6 Å². The van der Waals surface area contributed by atoms with E-state index in [1.807, 2.05) is 5.43 Å². The molecule has 1 heterocycles. The molecule has 1 aromatic rings. The Kier molecular flexibility index (Phi) is 5.64. The summed E-state index contributed by atoms with van der Waals surface area (Å²) in [6, 6.07) is 4.76. The lowest BCUT2D eigenvalue weighted by molar-refractivity contribution is -0.119. The number of pyridine rings is 1. The fraction of sp³-hybridized carbons (Fsp3) is 0.125. The fourth-order valence-electron chi connectivity index (χ4n) is 0.489. The van der Waals surface area contributed by atoms with E-state index in [0.717, 1.165) is 0 Å². The van der Waals surface area contributed by atoms with Gasteiger partial charge in [0.15, 0.2) is 0 Å². The molecule has 0 bridgehead atoms. The van der Waals surface area contributed by atoms with Crippen molar-refractivity contribution in [1.29, 1.82) is 0 Å². The average Bonchev–Trinajstić information content (AvgIpc) is 2.20. The number of nitrogens with one attached hydrogen (secondary N) is 1. The molecule has 0 spiro atoms.